The number of fused-ring (bicyclic) bond motifs is 1. The molecule has 4 rings (SSSR count). The van der Waals surface area contributed by atoms with E-state index in [0.29, 0.717) is 5.56 Å². The average Bonchev–Trinajstić information content (AvgIpc) is 3.26. The molecule has 5 heteroatoms. The summed E-state index contributed by atoms with van der Waals surface area (Å²) in [6.45, 7) is 1.89. The molecule has 0 aliphatic carbocycles. The van der Waals surface area contributed by atoms with Crippen molar-refractivity contribution in [1.82, 2.24) is 4.57 Å². The summed E-state index contributed by atoms with van der Waals surface area (Å²) < 4.78 is 9.52. The molecule has 0 N–H and O–H groups in total. The molecule has 0 atom stereocenters. The maximum Gasteiger partial charge on any atom is 0.337 e. The van der Waals surface area contributed by atoms with Crippen molar-refractivity contribution in [3.63, 3.8) is 0 Å². The summed E-state index contributed by atoms with van der Waals surface area (Å²) in [5, 5.41) is 0. The number of hydrogen-bond donors (Lipinski definition) is 0. The van der Waals surface area contributed by atoms with Crippen LogP contribution in [-0.2, 0) is 24.2 Å². The van der Waals surface area contributed by atoms with E-state index in [9.17, 15) is 4.79 Å². The summed E-state index contributed by atoms with van der Waals surface area (Å²) >= 11 is 0. The molecule has 134 valence electrons. The van der Waals surface area contributed by atoms with Gasteiger partial charge in [0, 0.05) is 5.56 Å². The third-order valence-corrected chi connectivity index (χ3v) is 4.79. The van der Waals surface area contributed by atoms with E-state index in [2.05, 4.69) is 39.6 Å². The molecule has 2 aromatic carbocycles. The first-order chi connectivity index (χ1) is 12.3. The number of rotatable bonds is 4. The zero-order valence-electron chi connectivity index (χ0n) is 14.7. The first kappa shape index (κ1) is 18.4. The second-order valence-corrected chi connectivity index (χ2v) is 6.37. The fourth-order valence-corrected chi connectivity index (χ4v) is 3.55. The molecule has 0 radical (unpaired) electrons. The first-order valence-corrected chi connectivity index (χ1v) is 8.61. The third-order valence-electron chi connectivity index (χ3n) is 4.79. The van der Waals surface area contributed by atoms with E-state index in [-0.39, 0.29) is 23.0 Å². The molecule has 0 bridgehead atoms. The molecule has 0 amide bonds. The van der Waals surface area contributed by atoms with Gasteiger partial charge in [0.2, 0.25) is 0 Å². The highest BCUT2D eigenvalue weighted by molar-refractivity contribution is 8.93. The summed E-state index contributed by atoms with van der Waals surface area (Å²) in [6, 6.07) is 18.2. The Hall–Kier alpha value is -2.40. The minimum absolute atomic E-state index is 0. The first-order valence-electron chi connectivity index (χ1n) is 8.61. The molecular formula is C21H22BrN2O2+. The quantitative estimate of drug-likeness (QED) is 0.481. The molecule has 2 heterocycles. The van der Waals surface area contributed by atoms with Gasteiger partial charge in [0.15, 0.2) is 5.69 Å². The van der Waals surface area contributed by atoms with Gasteiger partial charge in [0.1, 0.15) is 12.7 Å². The average molecular weight is 414 g/mol. The molecule has 1 aliphatic heterocycles. The standard InChI is InChI=1S/C21H21N2O2.BrH/c1-25-21(24)18-11-9-16(10-12-18)14-22-15-19(17-6-3-2-4-7-17)23-13-5-8-20(22)23;/h2-4,6-7,9-12,15H,5,8,13-14H2,1H3;1H/q+1;. The summed E-state index contributed by atoms with van der Waals surface area (Å²) in [7, 11) is 1.40. The van der Waals surface area contributed by atoms with E-state index in [4.69, 9.17) is 4.74 Å². The number of imidazole rings is 1. The Morgan fingerprint density at radius 1 is 1.12 bits per heavy atom. The molecule has 4 nitrogen and oxygen atoms in total. The number of hydrogen-bond acceptors (Lipinski definition) is 2. The van der Waals surface area contributed by atoms with E-state index in [0.717, 1.165) is 19.5 Å². The summed E-state index contributed by atoms with van der Waals surface area (Å²) in [6.07, 6.45) is 4.54. The second-order valence-electron chi connectivity index (χ2n) is 6.37. The molecule has 0 saturated carbocycles. The van der Waals surface area contributed by atoms with E-state index in [1.165, 1.54) is 36.2 Å². The van der Waals surface area contributed by atoms with Crippen LogP contribution in [0.1, 0.15) is 28.2 Å². The van der Waals surface area contributed by atoms with Crippen LogP contribution in [0.15, 0.2) is 60.8 Å². The van der Waals surface area contributed by atoms with Gasteiger partial charge in [0.25, 0.3) is 5.82 Å². The van der Waals surface area contributed by atoms with Gasteiger partial charge >= 0.3 is 5.97 Å². The fraction of sp³-hybridized carbons (Fsp3) is 0.238. The number of nitrogens with zero attached hydrogens (tertiary/aromatic N) is 2. The Labute approximate surface area is 163 Å². The largest absolute Gasteiger partial charge is 0.465 e. The van der Waals surface area contributed by atoms with Crippen molar-refractivity contribution in [2.45, 2.75) is 25.9 Å². The number of methoxy groups -OCH3 is 1. The van der Waals surface area contributed by atoms with Gasteiger partial charge in [-0.1, -0.05) is 42.5 Å². The number of aromatic nitrogens is 2. The predicted octanol–water partition coefficient (Wildman–Crippen LogP) is 3.80. The fourth-order valence-electron chi connectivity index (χ4n) is 3.55. The zero-order chi connectivity index (χ0) is 17.2. The van der Waals surface area contributed by atoms with Gasteiger partial charge in [-0.25, -0.2) is 13.9 Å². The van der Waals surface area contributed by atoms with Crippen molar-refractivity contribution in [3.05, 3.63) is 77.7 Å². The Bertz CT molecular complexity index is 902. The van der Waals surface area contributed by atoms with Gasteiger partial charge in [0.05, 0.1) is 25.6 Å². The number of carbonyl (C=O) groups is 1. The van der Waals surface area contributed by atoms with Crippen molar-refractivity contribution in [2.24, 2.45) is 0 Å². The van der Waals surface area contributed by atoms with Gasteiger partial charge < -0.3 is 4.74 Å². The lowest BCUT2D eigenvalue weighted by molar-refractivity contribution is -0.694. The van der Waals surface area contributed by atoms with E-state index >= 15 is 0 Å². The lowest BCUT2D eigenvalue weighted by Crippen LogP contribution is -2.36. The number of esters is 1. The van der Waals surface area contributed by atoms with Crippen molar-refractivity contribution >= 4 is 23.0 Å². The second kappa shape index (κ2) is 7.87. The van der Waals surface area contributed by atoms with Crippen molar-refractivity contribution in [3.8, 4) is 11.3 Å². The maximum atomic E-state index is 11.6. The number of benzene rings is 2. The summed E-state index contributed by atoms with van der Waals surface area (Å²) in [5.74, 6) is 1.08. The van der Waals surface area contributed by atoms with Crippen molar-refractivity contribution in [1.29, 1.82) is 0 Å². The van der Waals surface area contributed by atoms with Crippen LogP contribution in [0.4, 0.5) is 0 Å². The van der Waals surface area contributed by atoms with Crippen molar-refractivity contribution in [2.75, 3.05) is 7.11 Å². The smallest absolute Gasteiger partial charge is 0.337 e. The maximum absolute atomic E-state index is 11.6. The highest BCUT2D eigenvalue weighted by Gasteiger charge is 2.28. The molecule has 0 spiro atoms. The molecule has 0 fully saturated rings. The van der Waals surface area contributed by atoms with Gasteiger partial charge in [-0.15, -0.1) is 17.0 Å². The SMILES string of the molecule is Br.COC(=O)c1ccc(C[n+]2cc(-c3ccccc3)n3c2CCC3)cc1. The predicted molar refractivity (Wildman–Crippen MR) is 106 cm³/mol. The molecule has 0 saturated heterocycles. The van der Waals surface area contributed by atoms with Crippen LogP contribution in [0, 0.1) is 0 Å². The van der Waals surface area contributed by atoms with Crippen molar-refractivity contribution < 1.29 is 14.1 Å². The molecule has 26 heavy (non-hydrogen) atoms. The van der Waals surface area contributed by atoms with Crippen LogP contribution in [0.2, 0.25) is 0 Å². The highest BCUT2D eigenvalue weighted by atomic mass is 79.9. The normalized spacial score (nSPS) is 12.3. The highest BCUT2D eigenvalue weighted by Crippen LogP contribution is 2.24. The lowest BCUT2D eigenvalue weighted by Gasteiger charge is -2.02. The molecule has 0 unspecified atom stereocenters. The van der Waals surface area contributed by atoms with Crippen LogP contribution < -0.4 is 4.57 Å². The lowest BCUT2D eigenvalue weighted by atomic mass is 10.1. The third kappa shape index (κ3) is 3.44. The van der Waals surface area contributed by atoms with E-state index < -0.39 is 0 Å². The van der Waals surface area contributed by atoms with E-state index in [1.54, 1.807) is 0 Å². The Morgan fingerprint density at radius 2 is 1.85 bits per heavy atom. The number of ether oxygens (including phenoxy) is 1. The Morgan fingerprint density at radius 3 is 2.54 bits per heavy atom. The Kier molecular flexibility index (Phi) is 5.57. The molecule has 3 aromatic rings. The molecule has 1 aliphatic rings. The monoisotopic (exact) mass is 413 g/mol. The zero-order valence-corrected chi connectivity index (χ0v) is 16.4. The van der Waals surface area contributed by atoms with Gasteiger partial charge in [-0.2, -0.15) is 0 Å². The summed E-state index contributed by atoms with van der Waals surface area (Å²) in [4.78, 5) is 11.6. The summed E-state index contributed by atoms with van der Waals surface area (Å²) in [5.41, 5.74) is 4.30. The Balaban J connectivity index is 0.00000196. The molecular weight excluding hydrogens is 392 g/mol. The van der Waals surface area contributed by atoms with E-state index in [1.807, 2.05) is 30.3 Å². The number of halogens is 1. The minimum atomic E-state index is -0.296. The van der Waals surface area contributed by atoms with Crippen LogP contribution in [-0.4, -0.2) is 17.6 Å². The molecule has 1 aromatic heterocycles. The van der Waals surface area contributed by atoms with Crippen LogP contribution in [0.3, 0.4) is 0 Å². The minimum Gasteiger partial charge on any atom is -0.465 e. The van der Waals surface area contributed by atoms with Gasteiger partial charge in [-0.3, -0.25) is 0 Å². The van der Waals surface area contributed by atoms with Crippen LogP contribution in [0.5, 0.6) is 0 Å². The van der Waals surface area contributed by atoms with Crippen LogP contribution in [0.25, 0.3) is 11.3 Å². The number of carbonyl (C=O) groups excluding carboxylic acids is 1. The topological polar surface area (TPSA) is 35.1 Å². The van der Waals surface area contributed by atoms with Gasteiger partial charge in [-0.05, 0) is 24.1 Å². The van der Waals surface area contributed by atoms with Crippen LogP contribution >= 0.6 is 17.0 Å².